The second-order valence-electron chi connectivity index (χ2n) is 4.42. The highest BCUT2D eigenvalue weighted by Crippen LogP contribution is 2.52. The third kappa shape index (κ3) is 2.09. The van der Waals surface area contributed by atoms with Gasteiger partial charge in [-0.25, -0.2) is 13.2 Å². The van der Waals surface area contributed by atoms with Gasteiger partial charge < -0.3 is 5.11 Å². The maximum Gasteiger partial charge on any atom is 0.304 e. The number of hydrogen-bond donors (Lipinski definition) is 1. The summed E-state index contributed by atoms with van der Waals surface area (Å²) in [5, 5.41) is 8.77. The summed E-state index contributed by atoms with van der Waals surface area (Å²) in [5.74, 6) is -4.29. The van der Waals surface area contributed by atoms with Crippen molar-refractivity contribution in [3.05, 3.63) is 29.1 Å². The molecule has 0 heterocycles. The number of rotatable bonds is 4. The van der Waals surface area contributed by atoms with Crippen LogP contribution < -0.4 is 0 Å². The zero-order valence-corrected chi connectivity index (χ0v) is 10.4. The van der Waals surface area contributed by atoms with Crippen LogP contribution in [0.25, 0.3) is 0 Å². The Morgan fingerprint density at radius 2 is 2.00 bits per heavy atom. The van der Waals surface area contributed by atoms with Gasteiger partial charge in [0, 0.05) is 11.0 Å². The summed E-state index contributed by atoms with van der Waals surface area (Å²) in [6.45, 7) is 0. The van der Waals surface area contributed by atoms with Crippen LogP contribution in [0.2, 0.25) is 0 Å². The van der Waals surface area contributed by atoms with Gasteiger partial charge in [-0.15, -0.1) is 11.8 Å². The summed E-state index contributed by atoms with van der Waals surface area (Å²) in [7, 11) is 0. The molecule has 6 heteroatoms. The molecule has 2 nitrogen and oxygen atoms in total. The number of carboxylic acids is 1. The first-order valence-electron chi connectivity index (χ1n) is 5.35. The largest absolute Gasteiger partial charge is 0.481 e. The number of benzene rings is 1. The Kier molecular flexibility index (Phi) is 3.31. The molecule has 1 aliphatic carbocycles. The van der Waals surface area contributed by atoms with Crippen LogP contribution in [-0.2, 0) is 10.2 Å². The van der Waals surface area contributed by atoms with Crippen LogP contribution in [0.1, 0.15) is 24.8 Å². The van der Waals surface area contributed by atoms with Crippen LogP contribution >= 0.6 is 11.8 Å². The van der Waals surface area contributed by atoms with Crippen LogP contribution in [0.15, 0.2) is 11.0 Å². The lowest BCUT2D eigenvalue weighted by molar-refractivity contribution is -0.137. The zero-order valence-electron chi connectivity index (χ0n) is 9.60. The maximum absolute atomic E-state index is 13.9. The lowest BCUT2D eigenvalue weighted by atomic mass is 9.91. The van der Waals surface area contributed by atoms with Crippen molar-refractivity contribution >= 4 is 17.7 Å². The topological polar surface area (TPSA) is 37.3 Å². The quantitative estimate of drug-likeness (QED) is 0.677. The molecule has 1 aromatic carbocycles. The highest BCUT2D eigenvalue weighted by atomic mass is 32.2. The molecule has 1 aromatic rings. The highest BCUT2D eigenvalue weighted by molar-refractivity contribution is 7.98. The fourth-order valence-electron chi connectivity index (χ4n) is 2.13. The minimum atomic E-state index is -1.23. The number of carboxylic acid groups (broad SMARTS) is 1. The molecule has 0 unspecified atom stereocenters. The summed E-state index contributed by atoms with van der Waals surface area (Å²) >= 11 is 0.784. The van der Waals surface area contributed by atoms with E-state index >= 15 is 0 Å². The molecule has 0 bridgehead atoms. The molecular weight excluding hydrogens is 265 g/mol. The smallest absolute Gasteiger partial charge is 0.304 e. The molecule has 0 spiro atoms. The van der Waals surface area contributed by atoms with Crippen molar-refractivity contribution in [2.45, 2.75) is 29.6 Å². The van der Waals surface area contributed by atoms with E-state index in [9.17, 15) is 18.0 Å². The average molecular weight is 276 g/mol. The minimum absolute atomic E-state index is 0.155. The molecule has 0 saturated heterocycles. The molecule has 1 aliphatic rings. The molecule has 98 valence electrons. The van der Waals surface area contributed by atoms with Crippen molar-refractivity contribution in [2.24, 2.45) is 0 Å². The van der Waals surface area contributed by atoms with Gasteiger partial charge in [-0.3, -0.25) is 4.79 Å². The first-order chi connectivity index (χ1) is 8.41. The van der Waals surface area contributed by atoms with Crippen molar-refractivity contribution in [3.63, 3.8) is 0 Å². The van der Waals surface area contributed by atoms with Crippen molar-refractivity contribution in [3.8, 4) is 0 Å². The Hall–Kier alpha value is -1.17. The van der Waals surface area contributed by atoms with Crippen LogP contribution in [0, 0.1) is 17.5 Å². The second-order valence-corrected chi connectivity index (χ2v) is 5.23. The standard InChI is InChI=1S/C12H11F3O2S/c1-18-11-7(13)4-6(9(14)10(11)15)12(2-3-12)5-8(16)17/h4H,2-3,5H2,1H3,(H,16,17). The van der Waals surface area contributed by atoms with E-state index in [0.717, 1.165) is 17.8 Å². The van der Waals surface area contributed by atoms with E-state index in [4.69, 9.17) is 5.11 Å². The van der Waals surface area contributed by atoms with E-state index in [2.05, 4.69) is 0 Å². The predicted molar refractivity (Wildman–Crippen MR) is 61.3 cm³/mol. The number of halogens is 3. The Morgan fingerprint density at radius 1 is 1.39 bits per heavy atom. The first kappa shape index (κ1) is 13.3. The van der Waals surface area contributed by atoms with Crippen molar-refractivity contribution in [1.29, 1.82) is 0 Å². The van der Waals surface area contributed by atoms with Gasteiger partial charge in [0.2, 0.25) is 0 Å². The summed E-state index contributed by atoms with van der Waals surface area (Å²) in [5.41, 5.74) is -1.09. The first-order valence-corrected chi connectivity index (χ1v) is 6.57. The van der Waals surface area contributed by atoms with Crippen molar-refractivity contribution in [1.82, 2.24) is 0 Å². The second kappa shape index (κ2) is 4.50. The van der Waals surface area contributed by atoms with E-state index in [0.29, 0.717) is 12.8 Å². The molecular formula is C12H11F3O2S. The van der Waals surface area contributed by atoms with E-state index in [1.807, 2.05) is 0 Å². The summed E-state index contributed by atoms with van der Waals surface area (Å²) in [6, 6.07) is 0.931. The number of thioether (sulfide) groups is 1. The zero-order chi connectivity index (χ0) is 13.5. The lowest BCUT2D eigenvalue weighted by Gasteiger charge is -2.16. The number of hydrogen-bond acceptors (Lipinski definition) is 2. The van der Waals surface area contributed by atoms with Gasteiger partial charge in [0.25, 0.3) is 0 Å². The summed E-state index contributed by atoms with van der Waals surface area (Å²) < 4.78 is 41.1. The van der Waals surface area contributed by atoms with Crippen LogP contribution in [0.4, 0.5) is 13.2 Å². The molecule has 0 aromatic heterocycles. The van der Waals surface area contributed by atoms with E-state index in [1.165, 1.54) is 6.26 Å². The third-order valence-corrected chi connectivity index (χ3v) is 4.02. The summed E-state index contributed by atoms with van der Waals surface area (Å²) in [4.78, 5) is 10.3. The Morgan fingerprint density at radius 3 is 2.44 bits per heavy atom. The lowest BCUT2D eigenvalue weighted by Crippen LogP contribution is -2.16. The minimum Gasteiger partial charge on any atom is -0.481 e. The fourth-order valence-corrected chi connectivity index (χ4v) is 2.66. The summed E-state index contributed by atoms with van der Waals surface area (Å²) in [6.07, 6.45) is 2.02. The monoisotopic (exact) mass is 276 g/mol. The Bertz CT molecular complexity index is 513. The average Bonchev–Trinajstić information content (AvgIpc) is 3.04. The Labute approximate surface area is 106 Å². The van der Waals surface area contributed by atoms with E-state index in [1.54, 1.807) is 0 Å². The SMILES string of the molecule is CSc1c(F)cc(C2(CC(=O)O)CC2)c(F)c1F. The van der Waals surface area contributed by atoms with Crippen molar-refractivity contribution < 1.29 is 23.1 Å². The molecule has 18 heavy (non-hydrogen) atoms. The van der Waals surface area contributed by atoms with Crippen LogP contribution in [-0.4, -0.2) is 17.3 Å². The molecule has 0 amide bonds. The molecule has 0 radical (unpaired) electrons. The number of carbonyl (C=O) groups is 1. The van der Waals surface area contributed by atoms with E-state index in [-0.39, 0.29) is 16.9 Å². The molecule has 1 saturated carbocycles. The normalized spacial score (nSPS) is 16.7. The van der Waals surface area contributed by atoms with Gasteiger partial charge in [0.15, 0.2) is 11.6 Å². The number of aliphatic carboxylic acids is 1. The van der Waals surface area contributed by atoms with Crippen molar-refractivity contribution in [2.75, 3.05) is 6.26 Å². The maximum atomic E-state index is 13.9. The third-order valence-electron chi connectivity index (χ3n) is 3.24. The van der Waals surface area contributed by atoms with Gasteiger partial charge in [-0.1, -0.05) is 0 Å². The van der Waals surface area contributed by atoms with E-state index < -0.39 is 28.8 Å². The van der Waals surface area contributed by atoms with Crippen LogP contribution in [0.5, 0.6) is 0 Å². The van der Waals surface area contributed by atoms with Crippen LogP contribution in [0.3, 0.4) is 0 Å². The predicted octanol–water partition coefficient (Wildman–Crippen LogP) is 3.33. The molecule has 0 atom stereocenters. The molecule has 1 N–H and O–H groups in total. The van der Waals surface area contributed by atoms with Gasteiger partial charge in [-0.2, -0.15) is 0 Å². The van der Waals surface area contributed by atoms with Gasteiger partial charge in [-0.05, 0) is 25.2 Å². The Balaban J connectivity index is 2.50. The molecule has 2 rings (SSSR count). The van der Waals surface area contributed by atoms with Gasteiger partial charge >= 0.3 is 5.97 Å². The molecule has 0 aliphatic heterocycles. The fraction of sp³-hybridized carbons (Fsp3) is 0.417. The molecule has 1 fully saturated rings. The highest BCUT2D eigenvalue weighted by Gasteiger charge is 2.48. The van der Waals surface area contributed by atoms with Gasteiger partial charge in [0.1, 0.15) is 5.82 Å². The van der Waals surface area contributed by atoms with Gasteiger partial charge in [0.05, 0.1) is 11.3 Å².